The SMILES string of the molecule is F[B-](F)(F)F.[H+].[Pt]. The largest absolute Gasteiger partial charge is 1.00 e. The first-order valence-electron chi connectivity index (χ1n) is 0.873. The van der Waals surface area contributed by atoms with E-state index in [1.165, 1.54) is 0 Å². The van der Waals surface area contributed by atoms with E-state index in [4.69, 9.17) is 0 Å². The van der Waals surface area contributed by atoms with Crippen LogP contribution in [0.1, 0.15) is 1.43 Å². The van der Waals surface area contributed by atoms with Crippen molar-refractivity contribution in [1.29, 1.82) is 0 Å². The zero-order chi connectivity index (χ0) is 4.50. The number of hydrogen-bond donors (Lipinski definition) is 0. The zero-order valence-electron chi connectivity index (χ0n) is 3.41. The third-order valence-corrected chi connectivity index (χ3v) is 0. The van der Waals surface area contributed by atoms with Gasteiger partial charge in [-0.15, -0.1) is 0 Å². The van der Waals surface area contributed by atoms with Crippen LogP contribution >= 0.6 is 0 Å². The van der Waals surface area contributed by atoms with Crippen LogP contribution in [0.2, 0.25) is 0 Å². The van der Waals surface area contributed by atoms with Crippen LogP contribution in [0.15, 0.2) is 0 Å². The molecule has 0 aromatic carbocycles. The Kier molecular flexibility index (Phi) is 4.22. The second-order valence-corrected chi connectivity index (χ2v) is 0.495. The smallest absolute Gasteiger partial charge is 0.418 e. The van der Waals surface area contributed by atoms with E-state index in [2.05, 4.69) is 0 Å². The van der Waals surface area contributed by atoms with E-state index in [0.717, 1.165) is 0 Å². The van der Waals surface area contributed by atoms with Crippen molar-refractivity contribution in [2.75, 3.05) is 0 Å². The van der Waals surface area contributed by atoms with Gasteiger partial charge < -0.3 is 17.3 Å². The maximum Gasteiger partial charge on any atom is 1.00 e. The molecule has 0 N–H and O–H groups in total. The van der Waals surface area contributed by atoms with Crippen LogP contribution in [0, 0.1) is 0 Å². The Labute approximate surface area is 47.8 Å². The summed E-state index contributed by atoms with van der Waals surface area (Å²) in [6.45, 7) is 0. The molecule has 0 nitrogen and oxygen atoms in total. The summed E-state index contributed by atoms with van der Waals surface area (Å²) in [5.41, 5.74) is 0. The van der Waals surface area contributed by atoms with Crippen molar-refractivity contribution in [3.05, 3.63) is 0 Å². The quantitative estimate of drug-likeness (QED) is 0.466. The predicted octanol–water partition coefficient (Wildman–Crippen LogP) is 1.41. The van der Waals surface area contributed by atoms with Gasteiger partial charge in [0.2, 0.25) is 0 Å². The molecule has 0 radical (unpaired) electrons. The van der Waals surface area contributed by atoms with Crippen LogP contribution in [-0.4, -0.2) is 7.25 Å². The number of hydrogen-bond acceptors (Lipinski definition) is 0. The van der Waals surface area contributed by atoms with Crippen molar-refractivity contribution in [3.63, 3.8) is 0 Å². The van der Waals surface area contributed by atoms with E-state index in [1.54, 1.807) is 0 Å². The van der Waals surface area contributed by atoms with Gasteiger partial charge in [-0.05, 0) is 0 Å². The van der Waals surface area contributed by atoms with Crippen molar-refractivity contribution >= 4 is 7.25 Å². The van der Waals surface area contributed by atoms with Crippen LogP contribution in [0.3, 0.4) is 0 Å². The summed E-state index contributed by atoms with van der Waals surface area (Å²) in [6, 6.07) is 0. The third kappa shape index (κ3) is 241. The Balaban J connectivity index is -0.0000000800. The molecule has 0 saturated carbocycles. The molecule has 0 aromatic heterocycles. The molecule has 0 aromatic rings. The van der Waals surface area contributed by atoms with Gasteiger partial charge >= 0.3 is 8.68 Å². The van der Waals surface area contributed by atoms with Gasteiger partial charge in [-0.1, -0.05) is 0 Å². The fourth-order valence-electron chi connectivity index (χ4n) is 0. The fraction of sp³-hybridized carbons (Fsp3) is 0. The second kappa shape index (κ2) is 2.61. The van der Waals surface area contributed by atoms with Gasteiger partial charge in [0.15, 0.2) is 0 Å². The summed E-state index contributed by atoms with van der Waals surface area (Å²) in [6.07, 6.45) is 0. The molecule has 42 valence electrons. The van der Waals surface area contributed by atoms with Crippen molar-refractivity contribution in [2.45, 2.75) is 0 Å². The maximum atomic E-state index is 9.75. The summed E-state index contributed by atoms with van der Waals surface area (Å²) in [5.74, 6) is 0. The monoisotopic (exact) mass is 283 g/mol. The molecule has 0 aliphatic carbocycles. The first-order chi connectivity index (χ1) is 2.00. The number of rotatable bonds is 0. The molecule has 0 amide bonds. The van der Waals surface area contributed by atoms with Crippen molar-refractivity contribution in [2.24, 2.45) is 0 Å². The van der Waals surface area contributed by atoms with Crippen LogP contribution < -0.4 is 0 Å². The zero-order valence-corrected chi connectivity index (χ0v) is 4.68. The molecular weight excluding hydrogens is 282 g/mol. The standard InChI is InChI=1S/BF4.Pt/c2-1(3,4)5;/q-1;/p+1. The van der Waals surface area contributed by atoms with Gasteiger partial charge in [0.05, 0.1) is 0 Å². The average molecular weight is 283 g/mol. The van der Waals surface area contributed by atoms with Crippen molar-refractivity contribution in [1.82, 2.24) is 0 Å². The molecule has 0 spiro atoms. The molecule has 0 heterocycles. The normalized spacial score (nSPS) is 10.0. The fourth-order valence-corrected chi connectivity index (χ4v) is 0. The van der Waals surface area contributed by atoms with Gasteiger partial charge in [0.25, 0.3) is 0 Å². The van der Waals surface area contributed by atoms with Crippen LogP contribution in [0.25, 0.3) is 0 Å². The molecule has 0 rings (SSSR count). The average Bonchev–Trinajstić information content (AvgIpc) is 0.722. The molecule has 0 atom stereocenters. The first kappa shape index (κ1) is 9.69. The molecule has 0 bridgehead atoms. The van der Waals surface area contributed by atoms with Gasteiger partial charge in [-0.3, -0.25) is 0 Å². The molecule has 6 heteroatoms. The van der Waals surface area contributed by atoms with Gasteiger partial charge in [-0.2, -0.15) is 0 Å². The van der Waals surface area contributed by atoms with E-state index in [-0.39, 0.29) is 22.5 Å². The molecular formula is HBF4Pt. The summed E-state index contributed by atoms with van der Waals surface area (Å²) in [5, 5.41) is 0. The Morgan fingerprint density at radius 2 is 1.00 bits per heavy atom. The summed E-state index contributed by atoms with van der Waals surface area (Å²) in [7, 11) is -6.00. The van der Waals surface area contributed by atoms with E-state index in [1.807, 2.05) is 0 Å². The minimum atomic E-state index is -6.00. The predicted molar refractivity (Wildman–Crippen MR) is 11.3 cm³/mol. The Morgan fingerprint density at radius 1 is 1.00 bits per heavy atom. The van der Waals surface area contributed by atoms with Gasteiger partial charge in [-0.25, -0.2) is 0 Å². The minimum absolute atomic E-state index is 0. The van der Waals surface area contributed by atoms with Crippen LogP contribution in [0.5, 0.6) is 0 Å². The molecule has 0 aliphatic rings. The van der Waals surface area contributed by atoms with E-state index in [9.17, 15) is 17.3 Å². The van der Waals surface area contributed by atoms with Crippen molar-refractivity contribution < 1.29 is 39.8 Å². The van der Waals surface area contributed by atoms with Crippen molar-refractivity contribution in [3.8, 4) is 0 Å². The topological polar surface area (TPSA) is 0 Å². The summed E-state index contributed by atoms with van der Waals surface area (Å²) < 4.78 is 39.0. The number of halogens is 4. The summed E-state index contributed by atoms with van der Waals surface area (Å²) in [4.78, 5) is 0. The molecule has 0 fully saturated rings. The van der Waals surface area contributed by atoms with E-state index >= 15 is 0 Å². The van der Waals surface area contributed by atoms with Gasteiger partial charge in [0, 0.05) is 21.1 Å². The Bertz CT molecular complexity index is 27.2. The third-order valence-electron chi connectivity index (χ3n) is 0. The molecule has 0 saturated heterocycles. The Hall–Kier alpha value is 0.473. The Morgan fingerprint density at radius 3 is 1.00 bits per heavy atom. The second-order valence-electron chi connectivity index (χ2n) is 0.495. The van der Waals surface area contributed by atoms with Gasteiger partial charge in [0.1, 0.15) is 0 Å². The summed E-state index contributed by atoms with van der Waals surface area (Å²) >= 11 is 0. The van der Waals surface area contributed by atoms with E-state index < -0.39 is 7.25 Å². The molecule has 6 heavy (non-hydrogen) atoms. The van der Waals surface area contributed by atoms with Crippen LogP contribution in [0.4, 0.5) is 17.3 Å². The van der Waals surface area contributed by atoms with Crippen LogP contribution in [-0.2, 0) is 21.1 Å². The minimum Gasteiger partial charge on any atom is -0.418 e. The maximum absolute atomic E-state index is 9.75. The first-order valence-corrected chi connectivity index (χ1v) is 0.873. The van der Waals surface area contributed by atoms with E-state index in [0.29, 0.717) is 0 Å². The molecule has 0 unspecified atom stereocenters. The molecule has 0 aliphatic heterocycles.